The number of nitrogens with one attached hydrogen (secondary N) is 2. The number of hydrogen-bond donors (Lipinski definition) is 3. The van der Waals surface area contributed by atoms with Gasteiger partial charge in [-0.25, -0.2) is 19.2 Å². The van der Waals surface area contributed by atoms with Crippen molar-refractivity contribution in [1.82, 2.24) is 20.2 Å². The molecule has 1 aliphatic heterocycles. The fourth-order valence-electron chi connectivity index (χ4n) is 3.17. The van der Waals surface area contributed by atoms with Gasteiger partial charge in [0.25, 0.3) is 0 Å². The fourth-order valence-corrected chi connectivity index (χ4v) is 3.29. The first-order chi connectivity index (χ1) is 14.4. The van der Waals surface area contributed by atoms with Crippen LogP contribution in [0.3, 0.4) is 0 Å². The van der Waals surface area contributed by atoms with Crippen molar-refractivity contribution in [3.05, 3.63) is 52.1 Å². The monoisotopic (exact) mass is 437 g/mol. The van der Waals surface area contributed by atoms with Crippen LogP contribution in [0.15, 0.2) is 24.4 Å². The molecule has 0 saturated carbocycles. The minimum Gasteiger partial charge on any atom is -0.394 e. The van der Waals surface area contributed by atoms with E-state index in [2.05, 4.69) is 20.6 Å². The Balaban J connectivity index is 1.70. The van der Waals surface area contributed by atoms with Crippen LogP contribution in [-0.2, 0) is 17.7 Å². The predicted molar refractivity (Wildman–Crippen MR) is 111 cm³/mol. The average Bonchev–Trinajstić information content (AvgIpc) is 2.74. The second-order valence-corrected chi connectivity index (χ2v) is 7.60. The second kappa shape index (κ2) is 10.0. The third-order valence-corrected chi connectivity index (χ3v) is 5.17. The molecule has 0 spiro atoms. The number of methoxy groups -OCH3 is 1. The number of aliphatic hydroxyl groups excluding tert-OH is 1. The van der Waals surface area contributed by atoms with Crippen LogP contribution in [0.1, 0.15) is 29.8 Å². The van der Waals surface area contributed by atoms with Crippen LogP contribution in [0, 0.1) is 5.82 Å². The Bertz CT molecular complexity index is 901. The highest BCUT2D eigenvalue weighted by Gasteiger charge is 2.25. The van der Waals surface area contributed by atoms with Gasteiger partial charge in [0.05, 0.1) is 36.5 Å². The molecular formula is C20H25ClFN5O3. The van der Waals surface area contributed by atoms with Crippen molar-refractivity contribution in [1.29, 1.82) is 0 Å². The smallest absolute Gasteiger partial charge is 0.318 e. The molecule has 0 radical (unpaired) electrons. The Morgan fingerprint density at radius 2 is 2.27 bits per heavy atom. The van der Waals surface area contributed by atoms with Gasteiger partial charge < -0.3 is 25.4 Å². The quantitative estimate of drug-likeness (QED) is 0.615. The van der Waals surface area contributed by atoms with E-state index in [-0.39, 0.29) is 30.3 Å². The van der Waals surface area contributed by atoms with Gasteiger partial charge in [0.1, 0.15) is 5.82 Å². The third-order valence-electron chi connectivity index (χ3n) is 4.86. The van der Waals surface area contributed by atoms with Gasteiger partial charge in [-0.1, -0.05) is 17.7 Å². The van der Waals surface area contributed by atoms with E-state index in [0.717, 1.165) is 11.3 Å². The lowest BCUT2D eigenvalue weighted by atomic mass is 10.1. The summed E-state index contributed by atoms with van der Waals surface area (Å²) in [5.74, 6) is -0.142. The Morgan fingerprint density at radius 1 is 1.47 bits per heavy atom. The SMILES string of the molecule is COC[C@@H](NC(=O)N1CCc2cnc(N[C@@H](C)CO)nc2C1)c1ccc(Cl)c(F)c1. The van der Waals surface area contributed by atoms with E-state index in [1.54, 1.807) is 17.2 Å². The summed E-state index contributed by atoms with van der Waals surface area (Å²) in [6.45, 7) is 2.79. The molecule has 3 rings (SSSR count). The van der Waals surface area contributed by atoms with Crippen LogP contribution in [0.2, 0.25) is 5.02 Å². The molecule has 30 heavy (non-hydrogen) atoms. The highest BCUT2D eigenvalue weighted by Crippen LogP contribution is 2.22. The van der Waals surface area contributed by atoms with Crippen LogP contribution in [-0.4, -0.2) is 58.9 Å². The molecular weight excluding hydrogens is 413 g/mol. The van der Waals surface area contributed by atoms with Crippen LogP contribution in [0.5, 0.6) is 0 Å². The second-order valence-electron chi connectivity index (χ2n) is 7.20. The summed E-state index contributed by atoms with van der Waals surface area (Å²) in [7, 11) is 1.52. The molecule has 8 nitrogen and oxygen atoms in total. The topological polar surface area (TPSA) is 99.6 Å². The number of carbonyl (C=O) groups excluding carboxylic acids is 1. The van der Waals surface area contributed by atoms with Gasteiger partial charge in [-0.2, -0.15) is 0 Å². The first-order valence-electron chi connectivity index (χ1n) is 9.62. The standard InChI is InChI=1S/C20H25ClFN5O3/c1-12(10-28)24-19-23-8-14-5-6-27(9-17(14)25-19)20(29)26-18(11-30-2)13-3-4-15(21)16(22)7-13/h3-4,7-8,12,18,28H,5-6,9-11H2,1-2H3,(H,26,29)(H,23,24,25)/t12-,18+/m0/s1. The lowest BCUT2D eigenvalue weighted by Crippen LogP contribution is -2.45. The number of aromatic nitrogens is 2. The molecule has 0 fully saturated rings. The van der Waals surface area contributed by atoms with Crippen molar-refractivity contribution in [2.75, 3.05) is 32.2 Å². The van der Waals surface area contributed by atoms with E-state index in [1.165, 1.54) is 19.2 Å². The van der Waals surface area contributed by atoms with Crippen molar-refractivity contribution in [3.8, 4) is 0 Å². The summed E-state index contributed by atoms with van der Waals surface area (Å²) in [5, 5.41) is 15.1. The molecule has 2 aromatic rings. The van der Waals surface area contributed by atoms with E-state index in [4.69, 9.17) is 16.3 Å². The molecule has 3 N–H and O–H groups in total. The van der Waals surface area contributed by atoms with E-state index in [1.807, 2.05) is 6.92 Å². The number of nitrogens with zero attached hydrogens (tertiary/aromatic N) is 3. The summed E-state index contributed by atoms with van der Waals surface area (Å²) < 4.78 is 19.1. The Kier molecular flexibility index (Phi) is 7.41. The number of halogens is 2. The van der Waals surface area contributed by atoms with Gasteiger partial charge >= 0.3 is 6.03 Å². The van der Waals surface area contributed by atoms with Gasteiger partial charge in [-0.3, -0.25) is 0 Å². The average molecular weight is 438 g/mol. The Morgan fingerprint density at radius 3 is 2.97 bits per heavy atom. The normalized spacial score (nSPS) is 15.3. The molecule has 1 aromatic heterocycles. The van der Waals surface area contributed by atoms with Gasteiger partial charge in [-0.05, 0) is 36.6 Å². The molecule has 162 valence electrons. The highest BCUT2D eigenvalue weighted by atomic mass is 35.5. The van der Waals surface area contributed by atoms with Crippen LogP contribution in [0.25, 0.3) is 0 Å². The molecule has 2 amide bonds. The van der Waals surface area contributed by atoms with Gasteiger partial charge in [0, 0.05) is 25.9 Å². The molecule has 1 aromatic carbocycles. The van der Waals surface area contributed by atoms with Crippen molar-refractivity contribution in [3.63, 3.8) is 0 Å². The molecule has 2 heterocycles. The van der Waals surface area contributed by atoms with Crippen molar-refractivity contribution in [2.45, 2.75) is 32.0 Å². The highest BCUT2D eigenvalue weighted by molar-refractivity contribution is 6.30. The number of benzene rings is 1. The van der Waals surface area contributed by atoms with E-state index < -0.39 is 11.9 Å². The number of ether oxygens (including phenoxy) is 1. The summed E-state index contributed by atoms with van der Waals surface area (Å²) in [6, 6.07) is 3.41. The number of amides is 2. The Labute approximate surface area is 179 Å². The summed E-state index contributed by atoms with van der Waals surface area (Å²) in [4.78, 5) is 23.3. The summed E-state index contributed by atoms with van der Waals surface area (Å²) in [6.07, 6.45) is 2.37. The molecule has 0 aliphatic carbocycles. The van der Waals surface area contributed by atoms with Crippen LogP contribution in [0.4, 0.5) is 15.1 Å². The predicted octanol–water partition coefficient (Wildman–Crippen LogP) is 2.52. The summed E-state index contributed by atoms with van der Waals surface area (Å²) >= 11 is 5.76. The first kappa shape index (κ1) is 22.2. The number of anilines is 1. The summed E-state index contributed by atoms with van der Waals surface area (Å²) in [5.41, 5.74) is 2.30. The van der Waals surface area contributed by atoms with E-state index in [0.29, 0.717) is 31.0 Å². The first-order valence-corrected chi connectivity index (χ1v) is 10.0. The number of hydrogen-bond acceptors (Lipinski definition) is 6. The maximum Gasteiger partial charge on any atom is 0.318 e. The lowest BCUT2D eigenvalue weighted by molar-refractivity contribution is 0.152. The van der Waals surface area contributed by atoms with Gasteiger partial charge in [0.2, 0.25) is 5.95 Å². The Hall–Kier alpha value is -2.49. The van der Waals surface area contributed by atoms with Crippen molar-refractivity contribution in [2.24, 2.45) is 0 Å². The van der Waals surface area contributed by atoms with E-state index >= 15 is 0 Å². The maximum absolute atomic E-state index is 13.9. The molecule has 2 atom stereocenters. The van der Waals surface area contributed by atoms with Crippen molar-refractivity contribution >= 4 is 23.6 Å². The minimum absolute atomic E-state index is 0.0218. The maximum atomic E-state index is 13.9. The third kappa shape index (κ3) is 5.35. The van der Waals surface area contributed by atoms with Crippen LogP contribution >= 0.6 is 11.6 Å². The van der Waals surface area contributed by atoms with E-state index in [9.17, 15) is 14.3 Å². The zero-order valence-electron chi connectivity index (χ0n) is 16.9. The molecule has 0 unspecified atom stereocenters. The fraction of sp³-hybridized carbons (Fsp3) is 0.450. The van der Waals surface area contributed by atoms with Crippen LogP contribution < -0.4 is 10.6 Å². The number of urea groups is 1. The molecule has 10 heteroatoms. The minimum atomic E-state index is -0.551. The van der Waals surface area contributed by atoms with Gasteiger partial charge in [-0.15, -0.1) is 0 Å². The zero-order valence-corrected chi connectivity index (χ0v) is 17.6. The number of rotatable bonds is 7. The molecule has 1 aliphatic rings. The largest absolute Gasteiger partial charge is 0.394 e. The molecule has 0 bridgehead atoms. The molecule has 0 saturated heterocycles. The number of aliphatic hydroxyl groups is 1. The lowest BCUT2D eigenvalue weighted by Gasteiger charge is -2.30. The van der Waals surface area contributed by atoms with Crippen molar-refractivity contribution < 1.29 is 19.0 Å². The number of carbonyl (C=O) groups is 1. The van der Waals surface area contributed by atoms with Gasteiger partial charge in [0.15, 0.2) is 0 Å². The number of fused-ring (bicyclic) bond motifs is 1. The zero-order chi connectivity index (χ0) is 21.7.